The molecular weight excluding hydrogens is 312 g/mol. The fraction of sp³-hybridized carbons (Fsp3) is 0. The van der Waals surface area contributed by atoms with Crippen molar-refractivity contribution in [2.24, 2.45) is 5.73 Å². The topological polar surface area (TPSA) is 69.1 Å². The minimum Gasteiger partial charge on any atom is -0.399 e. The molecule has 2 aromatic carbocycles. The van der Waals surface area contributed by atoms with Gasteiger partial charge in [0.1, 0.15) is 0 Å². The third-order valence-electron chi connectivity index (χ3n) is 2.33. The SMILES string of the molecule is NC(=O)c1ccc(N)cc1Sc1ccccc1Br. The van der Waals surface area contributed by atoms with E-state index in [0.717, 1.165) is 14.3 Å². The van der Waals surface area contributed by atoms with E-state index in [1.54, 1.807) is 18.2 Å². The van der Waals surface area contributed by atoms with Crippen molar-refractivity contribution in [2.75, 3.05) is 5.73 Å². The maximum Gasteiger partial charge on any atom is 0.249 e. The zero-order valence-corrected chi connectivity index (χ0v) is 11.8. The highest BCUT2D eigenvalue weighted by atomic mass is 79.9. The summed E-state index contributed by atoms with van der Waals surface area (Å²) in [4.78, 5) is 13.1. The summed E-state index contributed by atoms with van der Waals surface area (Å²) in [5.41, 5.74) is 12.2. The maximum absolute atomic E-state index is 11.4. The van der Waals surface area contributed by atoms with Crippen LogP contribution in [0.15, 0.2) is 56.7 Å². The molecule has 0 atom stereocenters. The molecule has 0 saturated heterocycles. The van der Waals surface area contributed by atoms with Gasteiger partial charge in [0.2, 0.25) is 5.91 Å². The summed E-state index contributed by atoms with van der Waals surface area (Å²) >= 11 is 4.92. The third-order valence-corrected chi connectivity index (χ3v) is 4.42. The Hall–Kier alpha value is -1.46. The summed E-state index contributed by atoms with van der Waals surface area (Å²) in [6.07, 6.45) is 0. The molecule has 0 aliphatic carbocycles. The number of hydrogen-bond acceptors (Lipinski definition) is 3. The summed E-state index contributed by atoms with van der Waals surface area (Å²) in [6, 6.07) is 12.8. The van der Waals surface area contributed by atoms with Crippen molar-refractivity contribution in [1.82, 2.24) is 0 Å². The Morgan fingerprint density at radius 2 is 1.83 bits per heavy atom. The number of amides is 1. The molecule has 0 aliphatic heterocycles. The average molecular weight is 323 g/mol. The van der Waals surface area contributed by atoms with Gasteiger partial charge in [-0.3, -0.25) is 4.79 Å². The summed E-state index contributed by atoms with van der Waals surface area (Å²) < 4.78 is 0.966. The van der Waals surface area contributed by atoms with Crippen molar-refractivity contribution in [1.29, 1.82) is 0 Å². The van der Waals surface area contributed by atoms with Gasteiger partial charge >= 0.3 is 0 Å². The summed E-state index contributed by atoms with van der Waals surface area (Å²) in [7, 11) is 0. The highest BCUT2D eigenvalue weighted by molar-refractivity contribution is 9.10. The van der Waals surface area contributed by atoms with Crippen LogP contribution in [0.2, 0.25) is 0 Å². The predicted octanol–water partition coefficient (Wildman–Crippen LogP) is 3.28. The standard InChI is InChI=1S/C13H11BrN2OS/c14-10-3-1-2-4-11(10)18-12-7-8(15)5-6-9(12)13(16)17/h1-7H,15H2,(H2,16,17). The van der Waals surface area contributed by atoms with E-state index < -0.39 is 5.91 Å². The first-order chi connectivity index (χ1) is 8.58. The van der Waals surface area contributed by atoms with Gasteiger partial charge in [0.25, 0.3) is 0 Å². The van der Waals surface area contributed by atoms with Crippen LogP contribution >= 0.6 is 27.7 Å². The molecule has 1 amide bonds. The maximum atomic E-state index is 11.4. The molecule has 0 radical (unpaired) electrons. The smallest absolute Gasteiger partial charge is 0.249 e. The Morgan fingerprint density at radius 3 is 2.50 bits per heavy atom. The third kappa shape index (κ3) is 2.86. The second-order valence-corrected chi connectivity index (χ2v) is 5.59. The zero-order valence-electron chi connectivity index (χ0n) is 9.39. The first-order valence-corrected chi connectivity index (χ1v) is 6.80. The summed E-state index contributed by atoms with van der Waals surface area (Å²) in [5.74, 6) is -0.454. The van der Waals surface area contributed by atoms with E-state index in [1.807, 2.05) is 24.3 Å². The molecule has 92 valence electrons. The first kappa shape index (κ1) is 13.0. The van der Waals surface area contributed by atoms with Gasteiger partial charge in [0.05, 0.1) is 5.56 Å². The lowest BCUT2D eigenvalue weighted by Gasteiger charge is -2.08. The Bertz CT molecular complexity index is 601. The van der Waals surface area contributed by atoms with Gasteiger partial charge in [-0.1, -0.05) is 23.9 Å². The number of primary amides is 1. The Morgan fingerprint density at radius 1 is 1.11 bits per heavy atom. The largest absolute Gasteiger partial charge is 0.399 e. The monoisotopic (exact) mass is 322 g/mol. The van der Waals surface area contributed by atoms with Crippen molar-refractivity contribution in [3.63, 3.8) is 0 Å². The number of carbonyl (C=O) groups is 1. The van der Waals surface area contributed by atoms with Crippen molar-refractivity contribution >= 4 is 39.3 Å². The van der Waals surface area contributed by atoms with Gasteiger partial charge in [-0.05, 0) is 46.3 Å². The number of nitrogens with two attached hydrogens (primary N) is 2. The summed E-state index contributed by atoms with van der Waals surface area (Å²) in [6.45, 7) is 0. The number of nitrogen functional groups attached to an aromatic ring is 1. The Balaban J connectivity index is 2.42. The van der Waals surface area contributed by atoms with E-state index in [2.05, 4.69) is 15.9 Å². The number of hydrogen-bond donors (Lipinski definition) is 2. The summed E-state index contributed by atoms with van der Waals surface area (Å²) in [5, 5.41) is 0. The minimum absolute atomic E-state index is 0.454. The molecule has 4 N–H and O–H groups in total. The van der Waals surface area contributed by atoms with Crippen molar-refractivity contribution in [2.45, 2.75) is 9.79 Å². The van der Waals surface area contributed by atoms with Gasteiger partial charge in [0.15, 0.2) is 0 Å². The van der Waals surface area contributed by atoms with Gasteiger partial charge in [-0.2, -0.15) is 0 Å². The van der Waals surface area contributed by atoms with E-state index in [1.165, 1.54) is 11.8 Å². The average Bonchev–Trinajstić information content (AvgIpc) is 2.32. The number of halogens is 1. The fourth-order valence-electron chi connectivity index (χ4n) is 1.47. The molecule has 3 nitrogen and oxygen atoms in total. The number of benzene rings is 2. The van der Waals surface area contributed by atoms with E-state index in [0.29, 0.717) is 11.3 Å². The fourth-order valence-corrected chi connectivity index (χ4v) is 3.02. The lowest BCUT2D eigenvalue weighted by atomic mass is 10.2. The molecule has 0 spiro atoms. The lowest BCUT2D eigenvalue weighted by Crippen LogP contribution is -2.12. The molecule has 2 aromatic rings. The molecule has 2 rings (SSSR count). The van der Waals surface area contributed by atoms with Crippen LogP contribution in [0.4, 0.5) is 5.69 Å². The van der Waals surface area contributed by atoms with Crippen LogP contribution in [-0.4, -0.2) is 5.91 Å². The van der Waals surface area contributed by atoms with Crippen LogP contribution in [0.3, 0.4) is 0 Å². The molecule has 0 aliphatic rings. The highest BCUT2D eigenvalue weighted by Crippen LogP contribution is 2.35. The van der Waals surface area contributed by atoms with E-state index in [9.17, 15) is 4.79 Å². The number of anilines is 1. The zero-order chi connectivity index (χ0) is 13.1. The molecular formula is C13H11BrN2OS. The molecule has 0 heterocycles. The molecule has 0 unspecified atom stereocenters. The quantitative estimate of drug-likeness (QED) is 0.852. The van der Waals surface area contributed by atoms with Crippen LogP contribution in [0.5, 0.6) is 0 Å². The van der Waals surface area contributed by atoms with E-state index in [4.69, 9.17) is 11.5 Å². The molecule has 0 bridgehead atoms. The number of carbonyl (C=O) groups excluding carboxylic acids is 1. The van der Waals surface area contributed by atoms with Gasteiger partial charge in [-0.15, -0.1) is 0 Å². The van der Waals surface area contributed by atoms with Crippen LogP contribution in [0.1, 0.15) is 10.4 Å². The van der Waals surface area contributed by atoms with Crippen molar-refractivity contribution in [3.8, 4) is 0 Å². The van der Waals surface area contributed by atoms with Crippen molar-refractivity contribution in [3.05, 3.63) is 52.5 Å². The number of rotatable bonds is 3. The van der Waals surface area contributed by atoms with Crippen LogP contribution < -0.4 is 11.5 Å². The second-order valence-electron chi connectivity index (χ2n) is 3.65. The Kier molecular flexibility index (Phi) is 3.93. The van der Waals surface area contributed by atoms with Crippen LogP contribution in [-0.2, 0) is 0 Å². The predicted molar refractivity (Wildman–Crippen MR) is 77.6 cm³/mol. The molecule has 5 heteroatoms. The molecule has 18 heavy (non-hydrogen) atoms. The second kappa shape index (κ2) is 5.46. The normalized spacial score (nSPS) is 10.3. The first-order valence-electron chi connectivity index (χ1n) is 5.19. The lowest BCUT2D eigenvalue weighted by molar-refractivity contribution is 0.0997. The highest BCUT2D eigenvalue weighted by Gasteiger charge is 2.11. The van der Waals surface area contributed by atoms with Gasteiger partial charge < -0.3 is 11.5 Å². The molecule has 0 fully saturated rings. The van der Waals surface area contributed by atoms with Gasteiger partial charge in [0, 0.05) is 20.0 Å². The van der Waals surface area contributed by atoms with Crippen molar-refractivity contribution < 1.29 is 4.79 Å². The minimum atomic E-state index is -0.454. The van der Waals surface area contributed by atoms with Gasteiger partial charge in [-0.25, -0.2) is 0 Å². The Labute approximate surface area is 118 Å². The van der Waals surface area contributed by atoms with E-state index >= 15 is 0 Å². The van der Waals surface area contributed by atoms with E-state index in [-0.39, 0.29) is 0 Å². The van der Waals surface area contributed by atoms with Crippen LogP contribution in [0, 0.1) is 0 Å². The van der Waals surface area contributed by atoms with Crippen LogP contribution in [0.25, 0.3) is 0 Å². The molecule has 0 aromatic heterocycles. The molecule has 0 saturated carbocycles.